The summed E-state index contributed by atoms with van der Waals surface area (Å²) in [6, 6.07) is 17.8. The van der Waals surface area contributed by atoms with Crippen molar-refractivity contribution in [2.45, 2.75) is 6.92 Å². The van der Waals surface area contributed by atoms with Crippen molar-refractivity contribution in [1.82, 2.24) is 14.9 Å². The molecule has 0 aliphatic heterocycles. The molecule has 2 N–H and O–H groups in total. The highest BCUT2D eigenvalue weighted by molar-refractivity contribution is 5.91. The maximum atomic E-state index is 13.2. The summed E-state index contributed by atoms with van der Waals surface area (Å²) in [4.78, 5) is 11.8. The molecule has 0 aliphatic carbocycles. The van der Waals surface area contributed by atoms with Crippen LogP contribution < -0.4 is 10.6 Å². The molecule has 0 radical (unpaired) electrons. The first-order valence-electron chi connectivity index (χ1n) is 9.02. The zero-order valence-corrected chi connectivity index (χ0v) is 15.3. The number of carbonyl (C=O) groups excluding carboxylic acids is 1. The van der Waals surface area contributed by atoms with Crippen molar-refractivity contribution in [1.29, 1.82) is 0 Å². The first-order chi connectivity index (χ1) is 13.6. The Hall–Kier alpha value is -3.67. The number of hydrogen-bond donors (Lipinski definition) is 2. The molecule has 0 bridgehead atoms. The van der Waals surface area contributed by atoms with Crippen molar-refractivity contribution in [3.05, 3.63) is 78.9 Å². The Kier molecular flexibility index (Phi) is 4.76. The average molecular weight is 374 g/mol. The van der Waals surface area contributed by atoms with Crippen LogP contribution in [0.3, 0.4) is 0 Å². The van der Waals surface area contributed by atoms with E-state index in [4.69, 9.17) is 0 Å². The predicted molar refractivity (Wildman–Crippen MR) is 109 cm³/mol. The molecular formula is C22H19FN4O. The number of rotatable bonds is 4. The van der Waals surface area contributed by atoms with E-state index in [0.717, 1.165) is 27.8 Å². The normalized spacial score (nSPS) is 10.8. The van der Waals surface area contributed by atoms with Gasteiger partial charge in [0.15, 0.2) is 0 Å². The number of anilines is 1. The fraction of sp³-hybridized carbons (Fsp3) is 0.0909. The average Bonchev–Trinajstić information content (AvgIpc) is 3.12. The Morgan fingerprint density at radius 2 is 1.82 bits per heavy atom. The van der Waals surface area contributed by atoms with Gasteiger partial charge >= 0.3 is 6.03 Å². The number of urea groups is 1. The topological polar surface area (TPSA) is 58.4 Å². The van der Waals surface area contributed by atoms with Crippen molar-refractivity contribution in [2.75, 3.05) is 11.9 Å². The SMILES string of the molecule is CCNC(=O)Nc1cccc(-c2cnn3cc(-c4ccc(F)cc4)ccc23)c1. The van der Waals surface area contributed by atoms with E-state index in [2.05, 4.69) is 15.7 Å². The van der Waals surface area contributed by atoms with Gasteiger partial charge in [-0.1, -0.05) is 30.3 Å². The number of amides is 2. The van der Waals surface area contributed by atoms with Crippen LogP contribution in [0, 0.1) is 5.82 Å². The lowest BCUT2D eigenvalue weighted by molar-refractivity contribution is 0.252. The number of nitrogens with zero attached hydrogens (tertiary/aromatic N) is 2. The van der Waals surface area contributed by atoms with E-state index in [0.29, 0.717) is 12.2 Å². The number of hydrogen-bond acceptors (Lipinski definition) is 2. The summed E-state index contributed by atoms with van der Waals surface area (Å²) in [7, 11) is 0. The number of fused-ring (bicyclic) bond motifs is 1. The Labute approximate surface area is 161 Å². The van der Waals surface area contributed by atoms with Crippen molar-refractivity contribution in [2.24, 2.45) is 0 Å². The van der Waals surface area contributed by atoms with Gasteiger partial charge in [-0.2, -0.15) is 5.10 Å². The second-order valence-electron chi connectivity index (χ2n) is 6.38. The summed E-state index contributed by atoms with van der Waals surface area (Å²) in [5.41, 5.74) is 5.46. The number of pyridine rings is 1. The molecule has 4 aromatic rings. The van der Waals surface area contributed by atoms with Gasteiger partial charge in [0.1, 0.15) is 5.82 Å². The first kappa shape index (κ1) is 17.7. The number of carbonyl (C=O) groups is 1. The maximum absolute atomic E-state index is 13.2. The summed E-state index contributed by atoms with van der Waals surface area (Å²) >= 11 is 0. The van der Waals surface area contributed by atoms with Crippen LogP contribution in [0.15, 0.2) is 73.1 Å². The Bertz CT molecular complexity index is 1130. The van der Waals surface area contributed by atoms with Crippen LogP contribution in [-0.4, -0.2) is 22.2 Å². The molecule has 2 amide bonds. The summed E-state index contributed by atoms with van der Waals surface area (Å²) in [6.45, 7) is 2.44. The molecule has 6 heteroatoms. The minimum atomic E-state index is -0.257. The molecule has 0 saturated heterocycles. The minimum Gasteiger partial charge on any atom is -0.338 e. The molecule has 0 atom stereocenters. The number of nitrogens with one attached hydrogen (secondary N) is 2. The monoisotopic (exact) mass is 374 g/mol. The molecule has 4 rings (SSSR count). The highest BCUT2D eigenvalue weighted by atomic mass is 19.1. The fourth-order valence-corrected chi connectivity index (χ4v) is 3.12. The molecule has 2 heterocycles. The van der Waals surface area contributed by atoms with Crippen LogP contribution in [0.2, 0.25) is 0 Å². The molecule has 5 nitrogen and oxygen atoms in total. The Balaban J connectivity index is 1.66. The van der Waals surface area contributed by atoms with E-state index in [9.17, 15) is 9.18 Å². The molecule has 2 aromatic carbocycles. The minimum absolute atomic E-state index is 0.233. The zero-order valence-electron chi connectivity index (χ0n) is 15.3. The lowest BCUT2D eigenvalue weighted by atomic mass is 10.0. The standard InChI is InChI=1S/C22H19FN4O/c1-2-24-22(28)26-19-5-3-4-16(12-19)20-13-25-27-14-17(8-11-21(20)27)15-6-9-18(23)10-7-15/h3-14H,2H2,1H3,(H2,24,26,28). The van der Waals surface area contributed by atoms with E-state index in [1.807, 2.05) is 49.5 Å². The number of aromatic nitrogens is 2. The van der Waals surface area contributed by atoms with E-state index in [-0.39, 0.29) is 11.8 Å². The third-order valence-corrected chi connectivity index (χ3v) is 4.46. The molecule has 2 aromatic heterocycles. The van der Waals surface area contributed by atoms with Gasteiger partial charge in [-0.25, -0.2) is 13.7 Å². The molecule has 0 aliphatic rings. The van der Waals surface area contributed by atoms with Gasteiger partial charge in [0.05, 0.1) is 11.7 Å². The summed E-state index contributed by atoms with van der Waals surface area (Å²) in [5, 5.41) is 10.00. The maximum Gasteiger partial charge on any atom is 0.319 e. The van der Waals surface area contributed by atoms with Crippen LogP contribution >= 0.6 is 0 Å². The largest absolute Gasteiger partial charge is 0.338 e. The molecule has 0 unspecified atom stereocenters. The van der Waals surface area contributed by atoms with Gasteiger partial charge in [-0.05, 0) is 48.4 Å². The van der Waals surface area contributed by atoms with Crippen LogP contribution in [0.4, 0.5) is 14.9 Å². The fourth-order valence-electron chi connectivity index (χ4n) is 3.12. The molecule has 0 fully saturated rings. The smallest absolute Gasteiger partial charge is 0.319 e. The number of halogens is 1. The van der Waals surface area contributed by atoms with Gasteiger partial charge < -0.3 is 10.6 Å². The molecule has 28 heavy (non-hydrogen) atoms. The first-order valence-corrected chi connectivity index (χ1v) is 9.02. The van der Waals surface area contributed by atoms with Gasteiger partial charge in [0, 0.05) is 29.6 Å². The van der Waals surface area contributed by atoms with E-state index in [1.165, 1.54) is 12.1 Å². The van der Waals surface area contributed by atoms with Crippen molar-refractivity contribution < 1.29 is 9.18 Å². The van der Waals surface area contributed by atoms with Gasteiger partial charge in [0.2, 0.25) is 0 Å². The van der Waals surface area contributed by atoms with Gasteiger partial charge in [-0.15, -0.1) is 0 Å². The second-order valence-corrected chi connectivity index (χ2v) is 6.38. The molecular weight excluding hydrogens is 355 g/mol. The quantitative estimate of drug-likeness (QED) is 0.531. The molecule has 0 spiro atoms. The summed E-state index contributed by atoms with van der Waals surface area (Å²) < 4.78 is 15.0. The highest BCUT2D eigenvalue weighted by Gasteiger charge is 2.09. The van der Waals surface area contributed by atoms with Crippen LogP contribution in [0.5, 0.6) is 0 Å². The van der Waals surface area contributed by atoms with Crippen molar-refractivity contribution >= 4 is 17.2 Å². The van der Waals surface area contributed by atoms with E-state index >= 15 is 0 Å². The van der Waals surface area contributed by atoms with E-state index < -0.39 is 0 Å². The van der Waals surface area contributed by atoms with Crippen LogP contribution in [0.25, 0.3) is 27.8 Å². The Morgan fingerprint density at radius 3 is 2.61 bits per heavy atom. The van der Waals surface area contributed by atoms with Gasteiger partial charge in [-0.3, -0.25) is 0 Å². The molecule has 140 valence electrons. The lowest BCUT2D eigenvalue weighted by Crippen LogP contribution is -2.28. The number of benzene rings is 2. The Morgan fingerprint density at radius 1 is 1.04 bits per heavy atom. The van der Waals surface area contributed by atoms with Gasteiger partial charge in [0.25, 0.3) is 0 Å². The summed E-state index contributed by atoms with van der Waals surface area (Å²) in [6.07, 6.45) is 3.72. The van der Waals surface area contributed by atoms with E-state index in [1.54, 1.807) is 22.8 Å². The lowest BCUT2D eigenvalue weighted by Gasteiger charge is -2.08. The second kappa shape index (κ2) is 7.52. The van der Waals surface area contributed by atoms with Crippen LogP contribution in [-0.2, 0) is 0 Å². The third kappa shape index (κ3) is 3.57. The third-order valence-electron chi connectivity index (χ3n) is 4.46. The highest BCUT2D eigenvalue weighted by Crippen LogP contribution is 2.29. The van der Waals surface area contributed by atoms with Crippen molar-refractivity contribution in [3.8, 4) is 22.3 Å². The van der Waals surface area contributed by atoms with Crippen molar-refractivity contribution in [3.63, 3.8) is 0 Å². The predicted octanol–water partition coefficient (Wildman–Crippen LogP) is 4.95. The van der Waals surface area contributed by atoms with Crippen LogP contribution in [0.1, 0.15) is 6.92 Å². The zero-order chi connectivity index (χ0) is 19.5. The summed E-state index contributed by atoms with van der Waals surface area (Å²) in [5.74, 6) is -0.257. The molecule has 0 saturated carbocycles.